The lowest BCUT2D eigenvalue weighted by atomic mass is 9.84. The van der Waals surface area contributed by atoms with Gasteiger partial charge in [0.25, 0.3) is 0 Å². The van der Waals surface area contributed by atoms with Crippen LogP contribution in [0.25, 0.3) is 0 Å². The molecule has 0 atom stereocenters. The molecule has 186 valence electrons. The van der Waals surface area contributed by atoms with E-state index in [0.29, 0.717) is 10.9 Å². The average Bonchev–Trinajstić information content (AvgIpc) is 2.72. The van der Waals surface area contributed by atoms with Crippen LogP contribution in [0.1, 0.15) is 70.1 Å². The van der Waals surface area contributed by atoms with Crippen molar-refractivity contribution < 1.29 is 13.2 Å². The summed E-state index contributed by atoms with van der Waals surface area (Å²) in [7, 11) is -3.62. The van der Waals surface area contributed by atoms with Crippen molar-refractivity contribution in [2.45, 2.75) is 97.2 Å². The number of carbonyl (C=O) groups excluding carboxylic acids is 1. The van der Waals surface area contributed by atoms with Gasteiger partial charge >= 0.3 is 0 Å². The van der Waals surface area contributed by atoms with Crippen LogP contribution in [-0.2, 0) is 14.8 Å². The number of benzene rings is 1. The number of piperazine rings is 1. The highest BCUT2D eigenvalue weighted by atomic mass is 32.2. The number of rotatable bonds is 6. The molecule has 33 heavy (non-hydrogen) atoms. The largest absolute Gasteiger partial charge is 0.340 e. The summed E-state index contributed by atoms with van der Waals surface area (Å²) in [6.45, 7) is 17.6. The summed E-state index contributed by atoms with van der Waals surface area (Å²) < 4.78 is 29.4. The number of nitrogens with zero attached hydrogens (tertiary/aromatic N) is 3. The number of amides is 1. The zero-order chi connectivity index (χ0) is 24.5. The molecular weight excluding hydrogens is 434 g/mol. The quantitative estimate of drug-likeness (QED) is 0.618. The van der Waals surface area contributed by atoms with E-state index >= 15 is 0 Å². The normalized spacial score (nSPS) is 23.0. The molecule has 1 saturated carbocycles. The van der Waals surface area contributed by atoms with Gasteiger partial charge in [-0.15, -0.1) is 0 Å². The number of carbonyl (C=O) groups is 1. The van der Waals surface area contributed by atoms with Gasteiger partial charge in [0, 0.05) is 50.2 Å². The van der Waals surface area contributed by atoms with Gasteiger partial charge in [-0.2, -0.15) is 4.31 Å². The number of sulfonamides is 1. The molecule has 0 bridgehead atoms. The number of hydrogen-bond donors (Lipinski definition) is 0. The monoisotopic (exact) mass is 477 g/mol. The molecule has 0 unspecified atom stereocenters. The molecule has 2 aliphatic rings. The van der Waals surface area contributed by atoms with Crippen LogP contribution in [0.2, 0.25) is 0 Å². The highest BCUT2D eigenvalue weighted by molar-refractivity contribution is 7.89. The van der Waals surface area contributed by atoms with Gasteiger partial charge in [0.1, 0.15) is 0 Å². The molecular formula is C26H43N3O3S. The Labute approximate surface area is 201 Å². The van der Waals surface area contributed by atoms with E-state index in [0.717, 1.165) is 68.6 Å². The predicted molar refractivity (Wildman–Crippen MR) is 134 cm³/mol. The van der Waals surface area contributed by atoms with Crippen molar-refractivity contribution in [1.29, 1.82) is 0 Å². The van der Waals surface area contributed by atoms with Gasteiger partial charge < -0.3 is 4.90 Å². The van der Waals surface area contributed by atoms with E-state index < -0.39 is 10.0 Å². The SMILES string of the molecule is Cc1cc(C)c(S(=O)(=O)N(C(C)C)C2CCC(C(=O)N3CCN(C(C)C)CC3)CC2)c(C)c1. The lowest BCUT2D eigenvalue weighted by Crippen LogP contribution is -2.53. The summed E-state index contributed by atoms with van der Waals surface area (Å²) in [6.07, 6.45) is 3.00. The summed E-state index contributed by atoms with van der Waals surface area (Å²) in [5.41, 5.74) is 2.69. The van der Waals surface area contributed by atoms with Crippen LogP contribution in [0.15, 0.2) is 17.0 Å². The van der Waals surface area contributed by atoms with Gasteiger partial charge in [-0.25, -0.2) is 8.42 Å². The Hall–Kier alpha value is -1.44. The van der Waals surface area contributed by atoms with E-state index in [1.165, 1.54) is 0 Å². The lowest BCUT2D eigenvalue weighted by molar-refractivity contribution is -0.138. The second-order valence-electron chi connectivity index (χ2n) is 10.6. The number of aryl methyl sites for hydroxylation is 3. The first-order chi connectivity index (χ1) is 15.4. The van der Waals surface area contributed by atoms with Gasteiger partial charge in [-0.1, -0.05) is 17.7 Å². The van der Waals surface area contributed by atoms with Crippen LogP contribution >= 0.6 is 0 Å². The van der Waals surface area contributed by atoms with Crippen molar-refractivity contribution in [3.63, 3.8) is 0 Å². The van der Waals surface area contributed by atoms with Crippen LogP contribution in [0.5, 0.6) is 0 Å². The molecule has 6 nitrogen and oxygen atoms in total. The van der Waals surface area contributed by atoms with Gasteiger partial charge in [0.15, 0.2) is 0 Å². The molecule has 1 aliphatic heterocycles. The fraction of sp³-hybridized carbons (Fsp3) is 0.731. The fourth-order valence-corrected chi connectivity index (χ4v) is 8.17. The Kier molecular flexibility index (Phi) is 8.28. The Morgan fingerprint density at radius 1 is 0.909 bits per heavy atom. The van der Waals surface area contributed by atoms with Gasteiger partial charge in [-0.05, 0) is 85.3 Å². The van der Waals surface area contributed by atoms with Gasteiger partial charge in [0.2, 0.25) is 15.9 Å². The maximum atomic E-state index is 13.8. The van der Waals surface area contributed by atoms with Crippen molar-refractivity contribution in [1.82, 2.24) is 14.1 Å². The molecule has 1 heterocycles. The average molecular weight is 478 g/mol. The molecule has 0 radical (unpaired) electrons. The topological polar surface area (TPSA) is 60.9 Å². The molecule has 7 heteroatoms. The second kappa shape index (κ2) is 10.4. The summed E-state index contributed by atoms with van der Waals surface area (Å²) in [6, 6.07) is 4.23. The molecule has 1 aromatic carbocycles. The second-order valence-corrected chi connectivity index (χ2v) is 12.4. The first-order valence-electron chi connectivity index (χ1n) is 12.6. The van der Waals surface area contributed by atoms with Crippen molar-refractivity contribution >= 4 is 15.9 Å². The van der Waals surface area contributed by atoms with Crippen LogP contribution in [0.4, 0.5) is 0 Å². The van der Waals surface area contributed by atoms with Crippen LogP contribution in [0.3, 0.4) is 0 Å². The lowest BCUT2D eigenvalue weighted by Gasteiger charge is -2.41. The first kappa shape index (κ1) is 26.2. The van der Waals surface area contributed by atoms with Crippen molar-refractivity contribution in [3.8, 4) is 0 Å². The van der Waals surface area contributed by atoms with Crippen LogP contribution in [0, 0.1) is 26.7 Å². The zero-order valence-electron chi connectivity index (χ0n) is 21.6. The third-order valence-corrected chi connectivity index (χ3v) is 9.85. The minimum Gasteiger partial charge on any atom is -0.340 e. The zero-order valence-corrected chi connectivity index (χ0v) is 22.4. The molecule has 0 aromatic heterocycles. The predicted octanol–water partition coefficient (Wildman–Crippen LogP) is 4.12. The highest BCUT2D eigenvalue weighted by Gasteiger charge is 2.39. The van der Waals surface area contributed by atoms with E-state index in [2.05, 4.69) is 18.7 Å². The number of hydrogen-bond acceptors (Lipinski definition) is 4. The standard InChI is InChI=1S/C26H43N3O3S/c1-18(2)27-12-14-28(15-13-27)26(30)23-8-10-24(11-9-23)29(19(3)4)33(31,32)25-21(6)16-20(5)17-22(25)7/h16-19,23-24H,8-15H2,1-7H3. The van der Waals surface area contributed by atoms with E-state index in [1.54, 1.807) is 4.31 Å². The first-order valence-corrected chi connectivity index (χ1v) is 14.0. The summed E-state index contributed by atoms with van der Waals surface area (Å²) in [4.78, 5) is 18.0. The molecule has 3 rings (SSSR count). The minimum atomic E-state index is -3.62. The minimum absolute atomic E-state index is 0.0198. The molecule has 1 aliphatic carbocycles. The molecule has 0 spiro atoms. The fourth-order valence-electron chi connectivity index (χ4n) is 5.87. The van der Waals surface area contributed by atoms with E-state index in [1.807, 2.05) is 51.7 Å². The summed E-state index contributed by atoms with van der Waals surface area (Å²) >= 11 is 0. The summed E-state index contributed by atoms with van der Waals surface area (Å²) in [5.74, 6) is 0.285. The summed E-state index contributed by atoms with van der Waals surface area (Å²) in [5, 5.41) is 0. The maximum absolute atomic E-state index is 13.8. The Morgan fingerprint density at radius 3 is 1.88 bits per heavy atom. The molecule has 0 N–H and O–H groups in total. The molecule has 1 amide bonds. The van der Waals surface area contributed by atoms with Crippen LogP contribution in [-0.4, -0.2) is 72.7 Å². The van der Waals surface area contributed by atoms with E-state index in [-0.39, 0.29) is 23.9 Å². The Bertz CT molecular complexity index is 919. The smallest absolute Gasteiger partial charge is 0.244 e. The third-order valence-electron chi connectivity index (χ3n) is 7.41. The van der Waals surface area contributed by atoms with E-state index in [9.17, 15) is 13.2 Å². The van der Waals surface area contributed by atoms with Gasteiger partial charge in [-0.3, -0.25) is 9.69 Å². The Balaban J connectivity index is 1.70. The van der Waals surface area contributed by atoms with E-state index in [4.69, 9.17) is 0 Å². The molecule has 1 aromatic rings. The molecule has 1 saturated heterocycles. The highest BCUT2D eigenvalue weighted by Crippen LogP contribution is 2.35. The van der Waals surface area contributed by atoms with Crippen molar-refractivity contribution in [3.05, 3.63) is 28.8 Å². The molecule has 2 fully saturated rings. The van der Waals surface area contributed by atoms with Gasteiger partial charge in [0.05, 0.1) is 4.90 Å². The maximum Gasteiger partial charge on any atom is 0.244 e. The van der Waals surface area contributed by atoms with Crippen molar-refractivity contribution in [2.75, 3.05) is 26.2 Å². The third kappa shape index (κ3) is 5.63. The Morgan fingerprint density at radius 2 is 1.42 bits per heavy atom. The van der Waals surface area contributed by atoms with Crippen molar-refractivity contribution in [2.24, 2.45) is 5.92 Å². The van der Waals surface area contributed by atoms with Crippen LogP contribution < -0.4 is 0 Å².